The fourth-order valence-corrected chi connectivity index (χ4v) is 4.92. The highest BCUT2D eigenvalue weighted by molar-refractivity contribution is 6.30. The number of hydrogen-bond donors (Lipinski definition) is 1. The number of aryl methyl sites for hydroxylation is 1. The van der Waals surface area contributed by atoms with Crippen LogP contribution < -0.4 is 9.80 Å². The highest BCUT2D eigenvalue weighted by Crippen LogP contribution is 2.37. The number of halogens is 1. The van der Waals surface area contributed by atoms with Crippen LogP contribution in [0.25, 0.3) is 0 Å². The lowest BCUT2D eigenvalue weighted by atomic mass is 9.81. The van der Waals surface area contributed by atoms with Crippen molar-refractivity contribution in [1.82, 2.24) is 4.90 Å². The molecular weight excluding hydrogens is 350 g/mol. The van der Waals surface area contributed by atoms with Crippen LogP contribution in [0.15, 0.2) is 18.2 Å². The Morgan fingerprint density at radius 1 is 1.08 bits per heavy atom. The van der Waals surface area contributed by atoms with E-state index in [-0.39, 0.29) is 23.7 Å². The Kier molecular flexibility index (Phi) is 4.93. The van der Waals surface area contributed by atoms with Crippen molar-refractivity contribution in [2.45, 2.75) is 32.6 Å². The van der Waals surface area contributed by atoms with E-state index in [1.165, 1.54) is 16.2 Å². The van der Waals surface area contributed by atoms with Crippen LogP contribution in [0, 0.1) is 18.8 Å². The number of carbonyl (C=O) groups excluding carboxylic acids is 2. The van der Waals surface area contributed by atoms with Crippen LogP contribution in [-0.2, 0) is 9.59 Å². The summed E-state index contributed by atoms with van der Waals surface area (Å²) in [6.45, 7) is 6.33. The molecule has 2 atom stereocenters. The number of benzene rings is 1. The van der Waals surface area contributed by atoms with Crippen molar-refractivity contribution in [2.24, 2.45) is 11.8 Å². The fourth-order valence-electron chi connectivity index (χ4n) is 4.76. The summed E-state index contributed by atoms with van der Waals surface area (Å²) in [5, 5.41) is 0.760. The SMILES string of the molecule is Cc1ccc(Cl)cc1N1CC[NH+](CN2C(=O)[C@@H]3CCCC[C@H]3C2=O)CC1. The van der Waals surface area contributed by atoms with Gasteiger partial charge < -0.3 is 9.80 Å². The van der Waals surface area contributed by atoms with Gasteiger partial charge in [-0.2, -0.15) is 0 Å². The molecule has 2 heterocycles. The Bertz CT molecular complexity index is 691. The second-order valence-corrected chi connectivity index (χ2v) is 8.36. The van der Waals surface area contributed by atoms with Gasteiger partial charge in [0, 0.05) is 10.7 Å². The lowest BCUT2D eigenvalue weighted by Gasteiger charge is -2.35. The first-order valence-electron chi connectivity index (χ1n) is 9.74. The number of piperazine rings is 1. The van der Waals surface area contributed by atoms with Crippen LogP contribution in [0.1, 0.15) is 31.2 Å². The average molecular weight is 377 g/mol. The van der Waals surface area contributed by atoms with Gasteiger partial charge in [0.1, 0.15) is 0 Å². The first-order valence-corrected chi connectivity index (χ1v) is 10.1. The van der Waals surface area contributed by atoms with E-state index in [0.717, 1.165) is 56.9 Å². The molecule has 2 saturated heterocycles. The lowest BCUT2D eigenvalue weighted by molar-refractivity contribution is -0.908. The molecule has 1 N–H and O–H groups in total. The third-order valence-corrected chi connectivity index (χ3v) is 6.53. The van der Waals surface area contributed by atoms with Gasteiger partial charge in [0.05, 0.1) is 38.0 Å². The summed E-state index contributed by atoms with van der Waals surface area (Å²) in [5.74, 6) is 0.0951. The number of nitrogens with one attached hydrogen (secondary N) is 1. The highest BCUT2D eigenvalue weighted by Gasteiger charge is 2.49. The van der Waals surface area contributed by atoms with Crippen molar-refractivity contribution in [3.8, 4) is 0 Å². The molecule has 26 heavy (non-hydrogen) atoms. The maximum Gasteiger partial charge on any atom is 0.237 e. The van der Waals surface area contributed by atoms with Crippen LogP contribution >= 0.6 is 11.6 Å². The van der Waals surface area contributed by atoms with E-state index in [0.29, 0.717) is 6.67 Å². The number of amides is 2. The monoisotopic (exact) mass is 376 g/mol. The molecule has 6 heteroatoms. The van der Waals surface area contributed by atoms with Crippen LogP contribution in [-0.4, -0.2) is 49.6 Å². The third-order valence-electron chi connectivity index (χ3n) is 6.30. The van der Waals surface area contributed by atoms with Gasteiger partial charge in [-0.15, -0.1) is 0 Å². The number of likely N-dealkylation sites (tertiary alicyclic amines) is 1. The molecule has 1 aromatic carbocycles. The third kappa shape index (κ3) is 3.23. The Hall–Kier alpha value is -1.59. The summed E-state index contributed by atoms with van der Waals surface area (Å²) in [6, 6.07) is 6.01. The number of hydrogen-bond acceptors (Lipinski definition) is 3. The largest absolute Gasteiger partial charge is 0.360 e. The standard InChI is InChI=1S/C20H26ClN3O2/c1-14-6-7-15(21)12-18(14)23-10-8-22(9-11-23)13-24-19(25)16-4-2-3-5-17(16)20(24)26/h6-7,12,16-17H,2-5,8-11,13H2,1H3/p+1/t16-,17-/m1/s1. The Labute approximate surface area is 159 Å². The van der Waals surface area contributed by atoms with Crippen LogP contribution in [0.5, 0.6) is 0 Å². The van der Waals surface area contributed by atoms with Crippen molar-refractivity contribution in [3.05, 3.63) is 28.8 Å². The minimum absolute atomic E-state index is 0.0361. The summed E-state index contributed by atoms with van der Waals surface area (Å²) in [6.07, 6.45) is 3.95. The van der Waals surface area contributed by atoms with E-state index in [1.807, 2.05) is 12.1 Å². The molecule has 1 aliphatic carbocycles. The molecule has 2 amide bonds. The molecular formula is C20H27ClN3O2+. The highest BCUT2D eigenvalue weighted by atomic mass is 35.5. The number of quaternary nitrogens is 1. The zero-order valence-electron chi connectivity index (χ0n) is 15.3. The summed E-state index contributed by atoms with van der Waals surface area (Å²) in [4.78, 5) is 30.6. The van der Waals surface area contributed by atoms with Gasteiger partial charge >= 0.3 is 0 Å². The van der Waals surface area contributed by atoms with Crippen molar-refractivity contribution in [1.29, 1.82) is 0 Å². The minimum Gasteiger partial charge on any atom is -0.360 e. The number of carbonyl (C=O) groups is 2. The maximum absolute atomic E-state index is 12.7. The van der Waals surface area contributed by atoms with E-state index in [4.69, 9.17) is 11.6 Å². The van der Waals surface area contributed by atoms with Gasteiger partial charge in [0.15, 0.2) is 6.67 Å². The molecule has 4 rings (SSSR count). The zero-order valence-corrected chi connectivity index (χ0v) is 16.1. The molecule has 0 unspecified atom stereocenters. The Morgan fingerprint density at radius 2 is 1.69 bits per heavy atom. The number of nitrogens with zero attached hydrogens (tertiary/aromatic N) is 2. The second kappa shape index (κ2) is 7.20. The normalized spacial score (nSPS) is 27.2. The van der Waals surface area contributed by atoms with Gasteiger partial charge in [-0.1, -0.05) is 30.5 Å². The number of rotatable bonds is 3. The van der Waals surface area contributed by atoms with Crippen molar-refractivity contribution in [3.63, 3.8) is 0 Å². The van der Waals surface area contributed by atoms with Gasteiger partial charge in [0.2, 0.25) is 11.8 Å². The molecule has 5 nitrogen and oxygen atoms in total. The van der Waals surface area contributed by atoms with Crippen LogP contribution in [0.2, 0.25) is 5.02 Å². The summed E-state index contributed by atoms with van der Waals surface area (Å²) in [5.41, 5.74) is 2.42. The minimum atomic E-state index is -0.0361. The van der Waals surface area contributed by atoms with Crippen molar-refractivity contribution < 1.29 is 14.5 Å². The lowest BCUT2D eigenvalue weighted by Crippen LogP contribution is -3.16. The van der Waals surface area contributed by atoms with Gasteiger partial charge in [0.25, 0.3) is 0 Å². The van der Waals surface area contributed by atoms with Crippen molar-refractivity contribution in [2.75, 3.05) is 37.7 Å². The van der Waals surface area contributed by atoms with E-state index >= 15 is 0 Å². The number of imide groups is 1. The van der Waals surface area contributed by atoms with Crippen LogP contribution in [0.4, 0.5) is 5.69 Å². The molecule has 140 valence electrons. The molecule has 0 aromatic heterocycles. The molecule has 0 bridgehead atoms. The molecule has 1 aromatic rings. The predicted molar refractivity (Wildman–Crippen MR) is 101 cm³/mol. The molecule has 0 radical (unpaired) electrons. The molecule has 0 spiro atoms. The van der Waals surface area contributed by atoms with E-state index in [1.54, 1.807) is 4.90 Å². The number of anilines is 1. The first-order chi connectivity index (χ1) is 12.5. The molecule has 3 fully saturated rings. The zero-order chi connectivity index (χ0) is 18.3. The fraction of sp³-hybridized carbons (Fsp3) is 0.600. The Balaban J connectivity index is 1.37. The van der Waals surface area contributed by atoms with Gasteiger partial charge in [-0.3, -0.25) is 9.59 Å². The molecule has 2 aliphatic heterocycles. The predicted octanol–water partition coefficient (Wildman–Crippen LogP) is 1.49. The van der Waals surface area contributed by atoms with E-state index < -0.39 is 0 Å². The quantitative estimate of drug-likeness (QED) is 0.813. The van der Waals surface area contributed by atoms with E-state index in [2.05, 4.69) is 17.9 Å². The number of fused-ring (bicyclic) bond motifs is 1. The van der Waals surface area contributed by atoms with E-state index in [9.17, 15) is 9.59 Å². The summed E-state index contributed by atoms with van der Waals surface area (Å²) < 4.78 is 0. The summed E-state index contributed by atoms with van der Waals surface area (Å²) >= 11 is 6.16. The van der Waals surface area contributed by atoms with Crippen molar-refractivity contribution >= 4 is 29.1 Å². The average Bonchev–Trinajstić information content (AvgIpc) is 2.90. The van der Waals surface area contributed by atoms with Gasteiger partial charge in [-0.25, -0.2) is 4.90 Å². The topological polar surface area (TPSA) is 45.1 Å². The van der Waals surface area contributed by atoms with Gasteiger partial charge in [-0.05, 0) is 37.5 Å². The Morgan fingerprint density at radius 3 is 2.31 bits per heavy atom. The molecule has 3 aliphatic rings. The second-order valence-electron chi connectivity index (χ2n) is 7.93. The summed E-state index contributed by atoms with van der Waals surface area (Å²) in [7, 11) is 0. The van der Waals surface area contributed by atoms with Crippen LogP contribution in [0.3, 0.4) is 0 Å². The smallest absolute Gasteiger partial charge is 0.237 e. The maximum atomic E-state index is 12.7. The molecule has 1 saturated carbocycles. The first kappa shape index (κ1) is 17.8.